The van der Waals surface area contributed by atoms with Crippen molar-refractivity contribution in [2.45, 2.75) is 19.4 Å². The molecular weight excluding hydrogens is 363 g/mol. The number of aryl methyl sites for hydroxylation is 2. The van der Waals surface area contributed by atoms with E-state index in [1.54, 1.807) is 12.1 Å². The van der Waals surface area contributed by atoms with E-state index >= 15 is 0 Å². The van der Waals surface area contributed by atoms with Crippen LogP contribution in [0.2, 0.25) is 10.0 Å². The second-order valence-corrected chi connectivity index (χ2v) is 6.20. The maximum absolute atomic E-state index is 6.23. The maximum atomic E-state index is 6.23. The molecule has 2 aromatic rings. The van der Waals surface area contributed by atoms with Crippen molar-refractivity contribution in [3.8, 4) is 0 Å². The van der Waals surface area contributed by atoms with Crippen LogP contribution < -0.4 is 11.3 Å². The molecule has 0 aliphatic rings. The molecule has 0 spiro atoms. The van der Waals surface area contributed by atoms with Crippen molar-refractivity contribution < 1.29 is 0 Å². The highest BCUT2D eigenvalue weighted by Gasteiger charge is 2.19. The number of rotatable bonds is 4. The highest BCUT2D eigenvalue weighted by Crippen LogP contribution is 2.30. The van der Waals surface area contributed by atoms with Gasteiger partial charge in [0.25, 0.3) is 0 Å². The monoisotopic (exact) mass is 376 g/mol. The number of halogens is 3. The van der Waals surface area contributed by atoms with Gasteiger partial charge in [-0.15, -0.1) is 0 Å². The molecule has 2 rings (SSSR count). The van der Waals surface area contributed by atoms with Crippen LogP contribution in [0.15, 0.2) is 22.7 Å². The fraction of sp³-hybridized carbons (Fsp3) is 0.308. The molecule has 1 atom stereocenters. The summed E-state index contributed by atoms with van der Waals surface area (Å²) in [6.45, 7) is 1.95. The lowest BCUT2D eigenvalue weighted by Gasteiger charge is -2.18. The summed E-state index contributed by atoms with van der Waals surface area (Å²) in [5.41, 5.74) is 5.64. The van der Waals surface area contributed by atoms with Crippen LogP contribution in [0.3, 0.4) is 0 Å². The summed E-state index contributed by atoms with van der Waals surface area (Å²) in [5.74, 6) is 5.68. The second-order valence-electron chi connectivity index (χ2n) is 4.56. The van der Waals surface area contributed by atoms with Gasteiger partial charge < -0.3 is 0 Å². The molecule has 0 aliphatic heterocycles. The molecule has 1 aromatic heterocycles. The molecule has 0 saturated heterocycles. The Kier molecular flexibility index (Phi) is 5.09. The predicted octanol–water partition coefficient (Wildman–Crippen LogP) is 3.54. The van der Waals surface area contributed by atoms with Crippen LogP contribution in [0.4, 0.5) is 0 Å². The van der Waals surface area contributed by atoms with Gasteiger partial charge in [-0.3, -0.25) is 16.0 Å². The molecule has 0 aliphatic carbocycles. The van der Waals surface area contributed by atoms with Gasteiger partial charge in [-0.2, -0.15) is 5.10 Å². The van der Waals surface area contributed by atoms with Gasteiger partial charge in [0.2, 0.25) is 0 Å². The minimum atomic E-state index is -0.146. The average Bonchev–Trinajstić information content (AvgIpc) is 2.65. The summed E-state index contributed by atoms with van der Waals surface area (Å²) in [6, 6.07) is 5.20. The second kappa shape index (κ2) is 6.45. The number of nitrogens with one attached hydrogen (secondary N) is 1. The number of hydrazine groups is 1. The summed E-state index contributed by atoms with van der Waals surface area (Å²) in [4.78, 5) is 0. The summed E-state index contributed by atoms with van der Waals surface area (Å²) >= 11 is 15.8. The van der Waals surface area contributed by atoms with E-state index in [0.29, 0.717) is 16.5 Å². The fourth-order valence-corrected chi connectivity index (χ4v) is 3.06. The molecule has 7 heteroatoms. The lowest BCUT2D eigenvalue weighted by molar-refractivity contribution is 0.529. The molecule has 20 heavy (non-hydrogen) atoms. The van der Waals surface area contributed by atoms with Gasteiger partial charge in [0.1, 0.15) is 0 Å². The van der Waals surface area contributed by atoms with Gasteiger partial charge in [0.15, 0.2) is 0 Å². The zero-order valence-corrected chi connectivity index (χ0v) is 14.2. The average molecular weight is 378 g/mol. The first-order chi connectivity index (χ1) is 9.43. The van der Waals surface area contributed by atoms with E-state index in [0.717, 1.165) is 21.4 Å². The van der Waals surface area contributed by atoms with Crippen molar-refractivity contribution in [2.24, 2.45) is 12.9 Å². The Balaban J connectivity index is 2.36. The fourth-order valence-electron chi connectivity index (χ4n) is 2.14. The van der Waals surface area contributed by atoms with Crippen LogP contribution in [0.1, 0.15) is 23.0 Å². The van der Waals surface area contributed by atoms with Crippen LogP contribution in [0.5, 0.6) is 0 Å². The molecule has 0 saturated carbocycles. The summed E-state index contributed by atoms with van der Waals surface area (Å²) in [5, 5.41) is 5.64. The Morgan fingerprint density at radius 3 is 2.70 bits per heavy atom. The van der Waals surface area contributed by atoms with Crippen molar-refractivity contribution in [3.05, 3.63) is 49.7 Å². The summed E-state index contributed by atoms with van der Waals surface area (Å²) in [7, 11) is 1.90. The summed E-state index contributed by atoms with van der Waals surface area (Å²) < 4.78 is 2.82. The van der Waals surface area contributed by atoms with E-state index in [2.05, 4.69) is 26.5 Å². The Morgan fingerprint density at radius 1 is 1.45 bits per heavy atom. The van der Waals surface area contributed by atoms with E-state index in [1.807, 2.05) is 24.7 Å². The van der Waals surface area contributed by atoms with Gasteiger partial charge in [0, 0.05) is 23.5 Å². The van der Waals surface area contributed by atoms with Crippen molar-refractivity contribution in [1.29, 1.82) is 0 Å². The third-order valence-corrected chi connectivity index (χ3v) is 4.80. The van der Waals surface area contributed by atoms with Crippen LogP contribution in [0.25, 0.3) is 0 Å². The molecule has 108 valence electrons. The Bertz CT molecular complexity index is 627. The molecule has 0 bridgehead atoms. The minimum Gasteiger partial charge on any atom is -0.271 e. The number of benzene rings is 1. The van der Waals surface area contributed by atoms with Crippen LogP contribution in [0, 0.1) is 6.92 Å². The van der Waals surface area contributed by atoms with Crippen LogP contribution >= 0.6 is 39.1 Å². The standard InChI is InChI=1S/C13H15BrCl2N4/c1-7-13(14)12(20(2)19-7)6-11(18-17)9-5-8(15)3-4-10(9)16/h3-5,11,18H,6,17H2,1-2H3. The first-order valence-corrected chi connectivity index (χ1v) is 7.58. The van der Waals surface area contributed by atoms with E-state index in [-0.39, 0.29) is 6.04 Å². The van der Waals surface area contributed by atoms with Gasteiger partial charge >= 0.3 is 0 Å². The smallest absolute Gasteiger partial charge is 0.0738 e. The van der Waals surface area contributed by atoms with Gasteiger partial charge in [-0.25, -0.2) is 0 Å². The zero-order valence-electron chi connectivity index (χ0n) is 11.1. The molecule has 3 N–H and O–H groups in total. The highest BCUT2D eigenvalue weighted by atomic mass is 79.9. The molecule has 1 unspecified atom stereocenters. The van der Waals surface area contributed by atoms with Crippen molar-refractivity contribution >= 4 is 39.1 Å². The third kappa shape index (κ3) is 3.18. The number of hydrogen-bond donors (Lipinski definition) is 2. The lowest BCUT2D eigenvalue weighted by Crippen LogP contribution is -2.30. The quantitative estimate of drug-likeness (QED) is 0.632. The maximum Gasteiger partial charge on any atom is 0.0738 e. The Hall–Kier alpha value is -0.590. The summed E-state index contributed by atoms with van der Waals surface area (Å²) in [6.07, 6.45) is 0.647. The lowest BCUT2D eigenvalue weighted by atomic mass is 10.0. The first-order valence-electron chi connectivity index (χ1n) is 6.03. The van der Waals surface area contributed by atoms with E-state index in [1.165, 1.54) is 0 Å². The Morgan fingerprint density at radius 2 is 2.15 bits per heavy atom. The van der Waals surface area contributed by atoms with Crippen molar-refractivity contribution in [1.82, 2.24) is 15.2 Å². The van der Waals surface area contributed by atoms with Gasteiger partial charge in [-0.05, 0) is 46.6 Å². The van der Waals surface area contributed by atoms with E-state index < -0.39 is 0 Å². The topological polar surface area (TPSA) is 55.9 Å². The van der Waals surface area contributed by atoms with Gasteiger partial charge in [-0.1, -0.05) is 23.2 Å². The molecule has 1 aromatic carbocycles. The third-order valence-electron chi connectivity index (χ3n) is 3.19. The van der Waals surface area contributed by atoms with E-state index in [4.69, 9.17) is 29.0 Å². The number of hydrogen-bond acceptors (Lipinski definition) is 3. The molecule has 0 amide bonds. The Labute approximate surface area is 136 Å². The first kappa shape index (κ1) is 15.8. The molecule has 0 radical (unpaired) electrons. The largest absolute Gasteiger partial charge is 0.271 e. The number of nitrogens with zero attached hydrogens (tertiary/aromatic N) is 2. The molecule has 0 fully saturated rings. The van der Waals surface area contributed by atoms with Crippen molar-refractivity contribution in [2.75, 3.05) is 0 Å². The SMILES string of the molecule is Cc1nn(C)c(CC(NN)c2cc(Cl)ccc2Cl)c1Br. The highest BCUT2D eigenvalue weighted by molar-refractivity contribution is 9.10. The number of nitrogens with two attached hydrogens (primary N) is 1. The minimum absolute atomic E-state index is 0.146. The number of aromatic nitrogens is 2. The normalized spacial score (nSPS) is 12.7. The predicted molar refractivity (Wildman–Crippen MR) is 85.9 cm³/mol. The molecular formula is C13H15BrCl2N4. The van der Waals surface area contributed by atoms with Crippen LogP contribution in [-0.2, 0) is 13.5 Å². The van der Waals surface area contributed by atoms with Gasteiger partial charge in [0.05, 0.1) is 21.9 Å². The molecule has 1 heterocycles. The van der Waals surface area contributed by atoms with Crippen molar-refractivity contribution in [3.63, 3.8) is 0 Å². The molecule has 4 nitrogen and oxygen atoms in total. The van der Waals surface area contributed by atoms with Crippen LogP contribution in [-0.4, -0.2) is 9.78 Å². The zero-order chi connectivity index (χ0) is 14.9. The van der Waals surface area contributed by atoms with E-state index in [9.17, 15) is 0 Å².